The van der Waals surface area contributed by atoms with Crippen LogP contribution in [-0.4, -0.2) is 36.3 Å². The van der Waals surface area contributed by atoms with Crippen LogP contribution in [0.1, 0.15) is 5.76 Å². The normalized spacial score (nSPS) is 10.9. The first-order valence-electron chi connectivity index (χ1n) is 4.30. The monoisotopic (exact) mass is 226 g/mol. The van der Waals surface area contributed by atoms with E-state index in [-0.39, 0.29) is 11.5 Å². The Morgan fingerprint density at radius 3 is 2.88 bits per heavy atom. The van der Waals surface area contributed by atoms with E-state index in [1.54, 1.807) is 6.07 Å². The second kappa shape index (κ2) is 5.54. The summed E-state index contributed by atoms with van der Waals surface area (Å²) in [7, 11) is 1.27. The fourth-order valence-corrected chi connectivity index (χ4v) is 0.943. The van der Waals surface area contributed by atoms with E-state index in [1.165, 1.54) is 19.4 Å². The number of nitrogens with one attached hydrogen (secondary N) is 1. The summed E-state index contributed by atoms with van der Waals surface area (Å²) in [5.41, 5.74) is -0.117. The molecule has 86 valence electrons. The maximum atomic E-state index is 11.5. The summed E-state index contributed by atoms with van der Waals surface area (Å²) in [5, 5.41) is 14.0. The molecule has 0 spiro atoms. The van der Waals surface area contributed by atoms with Crippen molar-refractivity contribution in [1.29, 1.82) is 0 Å². The van der Waals surface area contributed by atoms with E-state index in [9.17, 15) is 9.59 Å². The molecule has 16 heavy (non-hydrogen) atoms. The topological polar surface area (TPSA) is 101 Å². The number of carbonyl (C=O) groups excluding carboxylic acids is 1. The quantitative estimate of drug-likeness (QED) is 0.536. The van der Waals surface area contributed by atoms with Crippen molar-refractivity contribution in [2.45, 2.75) is 0 Å². The Hall–Kier alpha value is -2.31. The number of hydrogen-bond donors (Lipinski definition) is 2. The van der Waals surface area contributed by atoms with E-state index >= 15 is 0 Å². The lowest BCUT2D eigenvalue weighted by atomic mass is 10.3. The third-order valence-corrected chi connectivity index (χ3v) is 1.55. The smallest absolute Gasteiger partial charge is 0.322 e. The molecule has 0 saturated carbocycles. The number of nitrogens with zero attached hydrogens (tertiary/aromatic N) is 1. The summed E-state index contributed by atoms with van der Waals surface area (Å²) < 4.78 is 4.96. The molecule has 1 amide bonds. The van der Waals surface area contributed by atoms with Crippen molar-refractivity contribution in [1.82, 2.24) is 5.32 Å². The molecule has 0 aliphatic carbocycles. The fraction of sp³-hybridized carbons (Fsp3) is 0.222. The van der Waals surface area contributed by atoms with Crippen molar-refractivity contribution in [3.8, 4) is 0 Å². The zero-order valence-corrected chi connectivity index (χ0v) is 8.47. The minimum absolute atomic E-state index is 0.117. The third-order valence-electron chi connectivity index (χ3n) is 1.55. The standard InChI is InChI=1S/C9H10N2O5/c1-15-11-8(6-3-2-4-16-6)9(14)10-5-7(12)13/h2-4H,5H2,1H3,(H,10,14)(H,12,13)/b11-8-. The number of amides is 1. The molecular weight excluding hydrogens is 216 g/mol. The highest BCUT2D eigenvalue weighted by molar-refractivity contribution is 6.44. The van der Waals surface area contributed by atoms with E-state index < -0.39 is 18.4 Å². The van der Waals surface area contributed by atoms with Crippen LogP contribution in [-0.2, 0) is 14.4 Å². The van der Waals surface area contributed by atoms with Crippen LogP contribution in [0.15, 0.2) is 28.0 Å². The van der Waals surface area contributed by atoms with Crippen LogP contribution in [0.4, 0.5) is 0 Å². The van der Waals surface area contributed by atoms with Gasteiger partial charge in [-0.2, -0.15) is 0 Å². The van der Waals surface area contributed by atoms with Crippen LogP contribution in [0.5, 0.6) is 0 Å². The van der Waals surface area contributed by atoms with Crippen LogP contribution >= 0.6 is 0 Å². The number of hydrogen-bond acceptors (Lipinski definition) is 5. The molecular formula is C9H10N2O5. The molecule has 0 bridgehead atoms. The summed E-state index contributed by atoms with van der Waals surface area (Å²) >= 11 is 0. The van der Waals surface area contributed by atoms with Gasteiger partial charge in [-0.15, -0.1) is 0 Å². The summed E-state index contributed by atoms with van der Waals surface area (Å²) in [4.78, 5) is 26.2. The average molecular weight is 226 g/mol. The second-order valence-corrected chi connectivity index (χ2v) is 2.68. The number of oxime groups is 1. The van der Waals surface area contributed by atoms with Crippen LogP contribution in [0.2, 0.25) is 0 Å². The summed E-state index contributed by atoms with van der Waals surface area (Å²) in [6.07, 6.45) is 1.37. The Morgan fingerprint density at radius 1 is 1.62 bits per heavy atom. The lowest BCUT2D eigenvalue weighted by Gasteiger charge is -2.02. The molecule has 0 atom stereocenters. The number of carbonyl (C=O) groups is 2. The van der Waals surface area contributed by atoms with Gasteiger partial charge >= 0.3 is 5.97 Å². The van der Waals surface area contributed by atoms with E-state index in [1.807, 2.05) is 0 Å². The molecule has 1 aromatic heterocycles. The van der Waals surface area contributed by atoms with Crippen LogP contribution < -0.4 is 5.32 Å². The first-order chi connectivity index (χ1) is 7.65. The predicted octanol–water partition coefficient (Wildman–Crippen LogP) is -0.169. The second-order valence-electron chi connectivity index (χ2n) is 2.68. The Labute approximate surface area is 90.7 Å². The molecule has 0 aliphatic rings. The first-order valence-corrected chi connectivity index (χ1v) is 4.30. The van der Waals surface area contributed by atoms with E-state index in [0.29, 0.717) is 0 Å². The lowest BCUT2D eigenvalue weighted by molar-refractivity contribution is -0.137. The molecule has 0 aromatic carbocycles. The van der Waals surface area contributed by atoms with E-state index in [0.717, 1.165) is 0 Å². The maximum absolute atomic E-state index is 11.5. The molecule has 1 rings (SSSR count). The zero-order chi connectivity index (χ0) is 12.0. The van der Waals surface area contributed by atoms with Crippen molar-refractivity contribution in [3.63, 3.8) is 0 Å². The summed E-state index contributed by atoms with van der Waals surface area (Å²) in [5.74, 6) is -1.63. The van der Waals surface area contributed by atoms with Gasteiger partial charge in [0.1, 0.15) is 13.7 Å². The largest absolute Gasteiger partial charge is 0.480 e. The van der Waals surface area contributed by atoms with Crippen molar-refractivity contribution in [2.24, 2.45) is 5.16 Å². The average Bonchev–Trinajstić information content (AvgIpc) is 2.75. The van der Waals surface area contributed by atoms with Gasteiger partial charge in [0, 0.05) is 0 Å². The number of rotatable bonds is 5. The van der Waals surface area contributed by atoms with Crippen molar-refractivity contribution >= 4 is 17.6 Å². The van der Waals surface area contributed by atoms with Crippen molar-refractivity contribution in [2.75, 3.05) is 13.7 Å². The van der Waals surface area contributed by atoms with Crippen LogP contribution in [0.3, 0.4) is 0 Å². The SMILES string of the molecule is CO/N=C(\C(=O)NCC(=O)O)c1ccco1. The molecule has 0 radical (unpaired) electrons. The van der Waals surface area contributed by atoms with Crippen molar-refractivity contribution in [3.05, 3.63) is 24.2 Å². The van der Waals surface area contributed by atoms with Gasteiger partial charge in [0.25, 0.3) is 5.91 Å². The Balaban J connectivity index is 2.76. The van der Waals surface area contributed by atoms with Gasteiger partial charge in [-0.05, 0) is 12.1 Å². The minimum atomic E-state index is -1.15. The Morgan fingerprint density at radius 2 is 2.38 bits per heavy atom. The number of carboxylic acids is 1. The molecule has 0 aliphatic heterocycles. The highest BCUT2D eigenvalue weighted by atomic mass is 16.6. The van der Waals surface area contributed by atoms with Gasteiger partial charge in [0.15, 0.2) is 5.76 Å². The van der Waals surface area contributed by atoms with E-state index in [4.69, 9.17) is 9.52 Å². The number of aliphatic carboxylic acids is 1. The molecule has 2 N–H and O–H groups in total. The van der Waals surface area contributed by atoms with Crippen LogP contribution in [0.25, 0.3) is 0 Å². The minimum Gasteiger partial charge on any atom is -0.480 e. The molecule has 7 heteroatoms. The number of furan rings is 1. The van der Waals surface area contributed by atoms with Crippen LogP contribution in [0, 0.1) is 0 Å². The number of carboxylic acid groups (broad SMARTS) is 1. The highest BCUT2D eigenvalue weighted by Crippen LogP contribution is 2.03. The van der Waals surface area contributed by atoms with Gasteiger partial charge in [0.05, 0.1) is 6.26 Å². The predicted molar refractivity (Wildman–Crippen MR) is 52.9 cm³/mol. The molecule has 0 fully saturated rings. The summed E-state index contributed by atoms with van der Waals surface area (Å²) in [6.45, 7) is -0.498. The van der Waals surface area contributed by atoms with Crippen molar-refractivity contribution < 1.29 is 24.0 Å². The first kappa shape index (κ1) is 11.8. The maximum Gasteiger partial charge on any atom is 0.322 e. The fourth-order valence-electron chi connectivity index (χ4n) is 0.943. The lowest BCUT2D eigenvalue weighted by Crippen LogP contribution is -2.35. The molecule has 1 heterocycles. The zero-order valence-electron chi connectivity index (χ0n) is 8.47. The van der Waals surface area contributed by atoms with Gasteiger partial charge in [-0.3, -0.25) is 9.59 Å². The molecule has 0 unspecified atom stereocenters. The Bertz CT molecular complexity index is 396. The van der Waals surface area contributed by atoms with Gasteiger partial charge in [-0.25, -0.2) is 0 Å². The molecule has 0 saturated heterocycles. The molecule has 7 nitrogen and oxygen atoms in total. The summed E-state index contributed by atoms with van der Waals surface area (Å²) in [6, 6.07) is 3.09. The van der Waals surface area contributed by atoms with Gasteiger partial charge in [-0.1, -0.05) is 5.16 Å². The highest BCUT2D eigenvalue weighted by Gasteiger charge is 2.18. The third kappa shape index (κ3) is 3.12. The van der Waals surface area contributed by atoms with Gasteiger partial charge < -0.3 is 19.7 Å². The van der Waals surface area contributed by atoms with Gasteiger partial charge in [0.2, 0.25) is 5.71 Å². The Kier molecular flexibility index (Phi) is 4.07. The van der Waals surface area contributed by atoms with E-state index in [2.05, 4.69) is 15.3 Å². The molecule has 1 aromatic rings.